The molecule has 0 rings (SSSR count). The molecule has 0 aliphatic rings. The number of aldehydes is 1. The van der Waals surface area contributed by atoms with Crippen LogP contribution in [-0.4, -0.2) is 64.5 Å². The van der Waals surface area contributed by atoms with Gasteiger partial charge in [0.05, 0.1) is 0 Å². The second-order valence-corrected chi connectivity index (χ2v) is 0.976. The van der Waals surface area contributed by atoms with Crippen LogP contribution in [0.1, 0.15) is 2.85 Å². The number of ether oxygens (including phenoxy) is 2. The summed E-state index contributed by atoms with van der Waals surface area (Å²) < 4.78 is 8.92. The van der Waals surface area contributed by atoms with E-state index in [1.165, 1.54) is 14.2 Å². The van der Waals surface area contributed by atoms with Gasteiger partial charge in [-0.05, 0) is 0 Å². The van der Waals surface area contributed by atoms with Crippen LogP contribution in [0.15, 0.2) is 0 Å². The molecule has 0 radical (unpaired) electrons. The molecule has 8 heavy (non-hydrogen) atoms. The van der Waals surface area contributed by atoms with Crippen LogP contribution in [0.3, 0.4) is 0 Å². The average Bonchev–Trinajstić information content (AvgIpc) is 1.72. The van der Waals surface area contributed by atoms with Crippen molar-refractivity contribution in [3.63, 3.8) is 0 Å². The third kappa shape index (κ3) is 5.00. The zero-order valence-corrected chi connectivity index (χ0v) is 7.29. The summed E-state index contributed by atoms with van der Waals surface area (Å²) in [5.41, 5.74) is 0. The van der Waals surface area contributed by atoms with Crippen molar-refractivity contribution < 1.29 is 17.1 Å². The maximum Gasteiger partial charge on any atom is 2.00 e. The third-order valence-corrected chi connectivity index (χ3v) is 0.576. The van der Waals surface area contributed by atoms with Gasteiger partial charge in [-0.15, -0.1) is 0 Å². The molecule has 0 spiro atoms. The van der Waals surface area contributed by atoms with Gasteiger partial charge in [0.1, 0.15) is 0 Å². The van der Waals surface area contributed by atoms with Gasteiger partial charge in [0, 0.05) is 14.2 Å². The zero-order chi connectivity index (χ0) is 5.70. The van der Waals surface area contributed by atoms with Crippen molar-refractivity contribution >= 4 is 44.0 Å². The molecule has 4 heteroatoms. The van der Waals surface area contributed by atoms with Crippen LogP contribution in [0.25, 0.3) is 0 Å². The first-order valence-electron chi connectivity index (χ1n) is 1.86. The fraction of sp³-hybridized carbons (Fsp3) is 0.750. The Kier molecular flexibility index (Phi) is 11.4. The molecule has 0 aromatic rings. The van der Waals surface area contributed by atoms with Crippen molar-refractivity contribution in [1.82, 2.24) is 0 Å². The van der Waals surface area contributed by atoms with Crippen molar-refractivity contribution in [2.45, 2.75) is 6.29 Å². The second-order valence-electron chi connectivity index (χ2n) is 0.976. The minimum absolute atomic E-state index is 0. The Hall–Kier alpha value is 0.850. The predicted octanol–water partition coefficient (Wildman–Crippen LogP) is -0.352. The van der Waals surface area contributed by atoms with Gasteiger partial charge < -0.3 is 12.3 Å². The molecule has 0 aliphatic heterocycles. The Morgan fingerprint density at radius 2 is 1.88 bits per heavy atom. The molecule has 0 amide bonds. The summed E-state index contributed by atoms with van der Waals surface area (Å²) in [5.74, 6) is 0. The van der Waals surface area contributed by atoms with E-state index >= 15 is 0 Å². The van der Waals surface area contributed by atoms with Crippen molar-refractivity contribution in [3.05, 3.63) is 0 Å². The van der Waals surface area contributed by atoms with Crippen LogP contribution in [0.4, 0.5) is 0 Å². The Morgan fingerprint density at radius 3 is 1.88 bits per heavy atom. The summed E-state index contributed by atoms with van der Waals surface area (Å²) in [4.78, 5) is 9.72. The minimum Gasteiger partial charge on any atom is -1.00 e. The first-order chi connectivity index (χ1) is 3.35. The summed E-state index contributed by atoms with van der Waals surface area (Å²) in [6.07, 6.45) is -0.111. The molecule has 0 atom stereocenters. The van der Waals surface area contributed by atoms with Gasteiger partial charge in [-0.2, -0.15) is 0 Å². The van der Waals surface area contributed by atoms with Crippen LogP contribution in [0, 0.1) is 0 Å². The van der Waals surface area contributed by atoms with Gasteiger partial charge in [-0.1, -0.05) is 0 Å². The normalized spacial score (nSPS) is 8.38. The van der Waals surface area contributed by atoms with Crippen molar-refractivity contribution in [1.29, 1.82) is 0 Å². The number of hydrogen-bond donors (Lipinski definition) is 0. The molecule has 0 saturated carbocycles. The smallest absolute Gasteiger partial charge is 1.00 e. The molecular formula is C4H10CaO3. The van der Waals surface area contributed by atoms with Gasteiger partial charge in [0.15, 0.2) is 6.29 Å². The van der Waals surface area contributed by atoms with E-state index < -0.39 is 6.29 Å². The number of rotatable bonds is 3. The quantitative estimate of drug-likeness (QED) is 0.310. The topological polar surface area (TPSA) is 35.5 Å². The molecule has 0 unspecified atom stereocenters. The van der Waals surface area contributed by atoms with E-state index in [2.05, 4.69) is 9.47 Å². The van der Waals surface area contributed by atoms with Crippen molar-refractivity contribution in [3.8, 4) is 0 Å². The van der Waals surface area contributed by atoms with Crippen LogP contribution in [0.5, 0.6) is 0 Å². The van der Waals surface area contributed by atoms with Gasteiger partial charge in [-0.25, -0.2) is 0 Å². The van der Waals surface area contributed by atoms with E-state index in [9.17, 15) is 4.79 Å². The van der Waals surface area contributed by atoms with Crippen LogP contribution in [-0.2, 0) is 14.3 Å². The predicted molar refractivity (Wildman–Crippen MR) is 31.8 cm³/mol. The molecule has 0 aromatic heterocycles. The van der Waals surface area contributed by atoms with E-state index in [-0.39, 0.29) is 40.6 Å². The first-order valence-corrected chi connectivity index (χ1v) is 1.86. The SMILES string of the molecule is COC(C=O)OC.[Ca+2].[H-].[H-]. The summed E-state index contributed by atoms with van der Waals surface area (Å²) in [5, 5.41) is 0. The molecule has 0 saturated heterocycles. The Bertz CT molecular complexity index is 60.5. The number of carbonyl (C=O) groups excluding carboxylic acids is 1. The minimum atomic E-state index is -0.694. The second kappa shape index (κ2) is 7.85. The molecule has 0 fully saturated rings. The molecular weight excluding hydrogens is 136 g/mol. The van der Waals surface area contributed by atoms with E-state index in [0.29, 0.717) is 6.29 Å². The van der Waals surface area contributed by atoms with E-state index in [1.54, 1.807) is 0 Å². The fourth-order valence-corrected chi connectivity index (χ4v) is 0.207. The maximum atomic E-state index is 9.72. The summed E-state index contributed by atoms with van der Waals surface area (Å²) >= 11 is 0. The molecule has 0 aromatic carbocycles. The molecule has 0 bridgehead atoms. The number of carbonyl (C=O) groups is 1. The number of hydrogen-bond acceptors (Lipinski definition) is 3. The van der Waals surface area contributed by atoms with Gasteiger partial charge in [0.25, 0.3) is 0 Å². The van der Waals surface area contributed by atoms with Gasteiger partial charge >= 0.3 is 37.7 Å². The van der Waals surface area contributed by atoms with Crippen LogP contribution < -0.4 is 0 Å². The fourth-order valence-electron chi connectivity index (χ4n) is 0.207. The van der Waals surface area contributed by atoms with E-state index in [4.69, 9.17) is 0 Å². The van der Waals surface area contributed by atoms with Crippen molar-refractivity contribution in [2.75, 3.05) is 14.2 Å². The molecule has 46 valence electrons. The summed E-state index contributed by atoms with van der Waals surface area (Å²) in [7, 11) is 2.81. The van der Waals surface area contributed by atoms with Gasteiger partial charge in [0.2, 0.25) is 6.29 Å². The Labute approximate surface area is 81.3 Å². The number of methoxy groups -OCH3 is 2. The van der Waals surface area contributed by atoms with Crippen LogP contribution in [0.2, 0.25) is 0 Å². The Morgan fingerprint density at radius 1 is 1.50 bits per heavy atom. The monoisotopic (exact) mass is 146 g/mol. The van der Waals surface area contributed by atoms with E-state index in [0.717, 1.165) is 0 Å². The van der Waals surface area contributed by atoms with Crippen molar-refractivity contribution in [2.24, 2.45) is 0 Å². The largest absolute Gasteiger partial charge is 2.00 e. The summed E-state index contributed by atoms with van der Waals surface area (Å²) in [6, 6.07) is 0. The van der Waals surface area contributed by atoms with Gasteiger partial charge in [-0.3, -0.25) is 4.79 Å². The summed E-state index contributed by atoms with van der Waals surface area (Å²) in [6.45, 7) is 0. The molecule has 0 aliphatic carbocycles. The Balaban J connectivity index is -0.0000000600. The van der Waals surface area contributed by atoms with Crippen LogP contribution >= 0.6 is 0 Å². The standard InChI is InChI=1S/C4H8O3.Ca.2H/c1-6-4(3-5)7-2;;;/h3-4H,1-2H3;;;/q;+2;2*-1. The third-order valence-electron chi connectivity index (χ3n) is 0.576. The zero-order valence-electron chi connectivity index (χ0n) is 7.09. The van der Waals surface area contributed by atoms with E-state index in [1.807, 2.05) is 0 Å². The maximum absolute atomic E-state index is 9.72. The first kappa shape index (κ1) is 11.6. The molecule has 0 heterocycles. The average molecular weight is 146 g/mol. The molecule has 3 nitrogen and oxygen atoms in total. The molecule has 0 N–H and O–H groups in total.